The Labute approximate surface area is 231 Å². The summed E-state index contributed by atoms with van der Waals surface area (Å²) in [7, 11) is 1.65. The number of rotatable bonds is 10. The van der Waals surface area contributed by atoms with Crippen molar-refractivity contribution in [2.45, 2.75) is 62.3 Å². The van der Waals surface area contributed by atoms with Crippen LogP contribution < -0.4 is 14.8 Å². The lowest BCUT2D eigenvalue weighted by molar-refractivity contribution is -0.110. The summed E-state index contributed by atoms with van der Waals surface area (Å²) in [4.78, 5) is 24.3. The van der Waals surface area contributed by atoms with E-state index < -0.39 is 5.37 Å². The summed E-state index contributed by atoms with van der Waals surface area (Å²) < 4.78 is 16.8. The molecule has 1 unspecified atom stereocenters. The third-order valence-corrected chi connectivity index (χ3v) is 8.42. The van der Waals surface area contributed by atoms with Gasteiger partial charge in [-0.1, -0.05) is 24.2 Å². The first-order valence-corrected chi connectivity index (χ1v) is 14.1. The molecule has 0 bridgehead atoms. The highest BCUT2D eigenvalue weighted by atomic mass is 32.2. The van der Waals surface area contributed by atoms with Gasteiger partial charge in [0.05, 0.1) is 36.9 Å². The van der Waals surface area contributed by atoms with Crippen molar-refractivity contribution in [3.63, 3.8) is 0 Å². The topological polar surface area (TPSA) is 106 Å². The fraction of sp³-hybridized carbons (Fsp3) is 0.379. The van der Waals surface area contributed by atoms with Gasteiger partial charge in [-0.3, -0.25) is 9.80 Å². The van der Waals surface area contributed by atoms with Gasteiger partial charge in [0.2, 0.25) is 5.76 Å². The molecule has 1 saturated carbocycles. The van der Waals surface area contributed by atoms with Crippen molar-refractivity contribution < 1.29 is 23.6 Å². The number of carbonyl (C=O) groups excluding carboxylic acids is 2. The van der Waals surface area contributed by atoms with Gasteiger partial charge in [0.25, 0.3) is 5.91 Å². The maximum Gasteiger partial charge on any atom is 0.294 e. The van der Waals surface area contributed by atoms with Crippen molar-refractivity contribution in [3.8, 4) is 11.5 Å². The van der Waals surface area contributed by atoms with Gasteiger partial charge in [0.1, 0.15) is 5.37 Å². The number of methoxy groups -OCH3 is 1. The van der Waals surface area contributed by atoms with Crippen molar-refractivity contribution in [2.75, 3.05) is 12.4 Å². The van der Waals surface area contributed by atoms with Crippen LogP contribution in [0.2, 0.25) is 0 Å². The first-order chi connectivity index (χ1) is 19.1. The molecule has 0 saturated heterocycles. The number of ether oxygens (including phenoxy) is 2. The lowest BCUT2D eigenvalue weighted by atomic mass is 10.0. The van der Waals surface area contributed by atoms with Crippen molar-refractivity contribution in [1.29, 1.82) is 0 Å². The lowest BCUT2D eigenvalue weighted by Crippen LogP contribution is -2.39. The highest BCUT2D eigenvalue weighted by molar-refractivity contribution is 8.01. The zero-order valence-electron chi connectivity index (χ0n) is 22.0. The van der Waals surface area contributed by atoms with Gasteiger partial charge in [0, 0.05) is 17.3 Å². The third kappa shape index (κ3) is 6.27. The van der Waals surface area contributed by atoms with E-state index in [1.165, 1.54) is 25.1 Å². The van der Waals surface area contributed by atoms with Crippen LogP contribution in [-0.2, 0) is 11.3 Å². The van der Waals surface area contributed by atoms with E-state index in [2.05, 4.69) is 17.4 Å². The molecule has 9 nitrogen and oxygen atoms in total. The molecule has 1 aliphatic heterocycles. The number of anilines is 1. The molecule has 2 atom stereocenters. The second-order valence-electron chi connectivity index (χ2n) is 9.56. The number of hydrogen-bond donors (Lipinski definition) is 1. The van der Waals surface area contributed by atoms with Crippen molar-refractivity contribution >= 4 is 35.4 Å². The van der Waals surface area contributed by atoms with E-state index in [1.54, 1.807) is 18.9 Å². The molecule has 1 aliphatic carbocycles. The fourth-order valence-corrected chi connectivity index (χ4v) is 6.01. The number of hydrazone groups is 1. The molecule has 1 N–H and O–H groups in total. The van der Waals surface area contributed by atoms with Crippen LogP contribution in [0.5, 0.6) is 11.5 Å². The van der Waals surface area contributed by atoms with Crippen molar-refractivity contribution in [2.24, 2.45) is 5.10 Å². The summed E-state index contributed by atoms with van der Waals surface area (Å²) >= 11 is 1.60. The Morgan fingerprint density at radius 3 is 2.62 bits per heavy atom. The van der Waals surface area contributed by atoms with E-state index >= 15 is 0 Å². The SMILES string of the molecule is CC[C@H]1SC(C=O)N(Cc2ccc(NC(=O)c3ccno3)cc2)N=C1c1ccc(OC)c(OC2CCCC2)c1. The van der Waals surface area contributed by atoms with E-state index in [0.717, 1.165) is 48.1 Å². The van der Waals surface area contributed by atoms with Crippen LogP contribution >= 0.6 is 11.8 Å². The molecule has 10 heteroatoms. The number of benzene rings is 2. The summed E-state index contributed by atoms with van der Waals surface area (Å²) in [5, 5.41) is 12.8. The van der Waals surface area contributed by atoms with Crippen molar-refractivity contribution in [1.82, 2.24) is 10.2 Å². The standard InChI is InChI=1S/C29H32N4O5S/c1-3-26-28(20-10-13-23(36-2)25(16-20)37-22-6-4-5-7-22)32-33(27(18-34)39-26)17-19-8-11-21(12-9-19)31-29(35)24-14-15-30-38-24/h8-16,18,22,26-27H,3-7,17H2,1-2H3,(H,31,35)/t26-,27?/m1/s1. The molecular weight excluding hydrogens is 516 g/mol. The van der Waals surface area contributed by atoms with Gasteiger partial charge in [-0.15, -0.1) is 11.8 Å². The number of amides is 1. The first kappa shape index (κ1) is 26.8. The van der Waals surface area contributed by atoms with Gasteiger partial charge in [-0.05, 0) is 68.0 Å². The van der Waals surface area contributed by atoms with Crippen LogP contribution in [0.4, 0.5) is 5.69 Å². The van der Waals surface area contributed by atoms with E-state index in [-0.39, 0.29) is 23.0 Å². The number of aldehydes is 1. The molecule has 0 spiro atoms. The average Bonchev–Trinajstić information content (AvgIpc) is 3.69. The number of aromatic nitrogens is 1. The predicted octanol–water partition coefficient (Wildman–Crippen LogP) is 5.51. The largest absolute Gasteiger partial charge is 0.493 e. The molecule has 2 heterocycles. The Balaban J connectivity index is 1.36. The molecule has 2 aromatic carbocycles. The molecule has 1 amide bonds. The monoisotopic (exact) mass is 548 g/mol. The Bertz CT molecular complexity index is 1310. The first-order valence-electron chi connectivity index (χ1n) is 13.2. The molecule has 2 aliphatic rings. The second kappa shape index (κ2) is 12.4. The predicted molar refractivity (Wildman–Crippen MR) is 150 cm³/mol. The Hall–Kier alpha value is -3.79. The number of carbonyl (C=O) groups is 2. The molecule has 3 aromatic rings. The minimum Gasteiger partial charge on any atom is -0.493 e. The zero-order chi connectivity index (χ0) is 27.2. The van der Waals surface area contributed by atoms with Crippen LogP contribution in [0.3, 0.4) is 0 Å². The second-order valence-corrected chi connectivity index (χ2v) is 10.9. The molecule has 0 radical (unpaired) electrons. The van der Waals surface area contributed by atoms with Crippen molar-refractivity contribution in [3.05, 3.63) is 71.6 Å². The van der Waals surface area contributed by atoms with Gasteiger partial charge in [0.15, 0.2) is 17.8 Å². The smallest absolute Gasteiger partial charge is 0.294 e. The van der Waals surface area contributed by atoms with Crippen LogP contribution in [-0.4, -0.2) is 51.9 Å². The summed E-state index contributed by atoms with van der Waals surface area (Å²) in [6.07, 6.45) is 7.89. The van der Waals surface area contributed by atoms with E-state index in [0.29, 0.717) is 18.0 Å². The van der Waals surface area contributed by atoms with E-state index in [4.69, 9.17) is 19.1 Å². The number of hydrogen-bond acceptors (Lipinski definition) is 9. The highest BCUT2D eigenvalue weighted by Crippen LogP contribution is 2.37. The van der Waals surface area contributed by atoms with E-state index in [9.17, 15) is 9.59 Å². The molecule has 39 heavy (non-hydrogen) atoms. The lowest BCUT2D eigenvalue weighted by Gasteiger charge is -2.35. The Morgan fingerprint density at radius 1 is 1.15 bits per heavy atom. The third-order valence-electron chi connectivity index (χ3n) is 6.90. The molecule has 1 fully saturated rings. The quantitative estimate of drug-likeness (QED) is 0.331. The molecule has 1 aromatic heterocycles. The summed E-state index contributed by atoms with van der Waals surface area (Å²) in [6, 6.07) is 14.9. The van der Waals surface area contributed by atoms with Gasteiger partial charge >= 0.3 is 0 Å². The Kier molecular flexibility index (Phi) is 8.51. The summed E-state index contributed by atoms with van der Waals surface area (Å²) in [6.45, 7) is 2.55. The van der Waals surface area contributed by atoms with Gasteiger partial charge < -0.3 is 24.1 Å². The van der Waals surface area contributed by atoms with Crippen LogP contribution in [0.15, 0.2) is 64.4 Å². The minimum atomic E-state index is -0.406. The number of nitrogens with zero attached hydrogens (tertiary/aromatic N) is 3. The summed E-state index contributed by atoms with van der Waals surface area (Å²) in [5.74, 6) is 1.21. The van der Waals surface area contributed by atoms with Crippen LogP contribution in [0.25, 0.3) is 0 Å². The summed E-state index contributed by atoms with van der Waals surface area (Å²) in [5.41, 5.74) is 3.46. The normalized spacial score (nSPS) is 19.4. The van der Waals surface area contributed by atoms with E-state index in [1.807, 2.05) is 47.5 Å². The molecular formula is C29H32N4O5S. The number of nitrogens with one attached hydrogen (secondary N) is 1. The zero-order valence-corrected chi connectivity index (χ0v) is 22.9. The van der Waals surface area contributed by atoms with Crippen LogP contribution in [0.1, 0.15) is 60.7 Å². The maximum atomic E-state index is 12.2. The van der Waals surface area contributed by atoms with Gasteiger partial charge in [-0.2, -0.15) is 5.10 Å². The molecule has 5 rings (SSSR count). The number of thioether (sulfide) groups is 1. The van der Waals surface area contributed by atoms with Gasteiger partial charge in [-0.25, -0.2) is 0 Å². The molecule has 204 valence electrons. The minimum absolute atomic E-state index is 0.0675. The van der Waals surface area contributed by atoms with Crippen LogP contribution in [0, 0.1) is 0 Å². The maximum absolute atomic E-state index is 12.2. The Morgan fingerprint density at radius 2 is 1.95 bits per heavy atom. The fourth-order valence-electron chi connectivity index (χ4n) is 4.84. The highest BCUT2D eigenvalue weighted by Gasteiger charge is 2.32. The average molecular weight is 549 g/mol.